The Labute approximate surface area is 171 Å². The summed E-state index contributed by atoms with van der Waals surface area (Å²) >= 11 is 0. The third-order valence-corrected chi connectivity index (χ3v) is 5.43. The lowest BCUT2D eigenvalue weighted by atomic mass is 10.0. The Hall–Kier alpha value is -3.12. The number of piperidine rings is 1. The maximum Gasteiger partial charge on any atom is 0.257 e. The van der Waals surface area contributed by atoms with Crippen LogP contribution in [0.5, 0.6) is 5.75 Å². The van der Waals surface area contributed by atoms with E-state index in [0.29, 0.717) is 23.8 Å². The van der Waals surface area contributed by atoms with Crippen LogP contribution in [0.25, 0.3) is 16.9 Å². The molecule has 1 saturated heterocycles. The Morgan fingerprint density at radius 2 is 2.00 bits per heavy atom. The molecule has 1 amide bonds. The molecule has 1 unspecified atom stereocenters. The molecule has 1 fully saturated rings. The highest BCUT2D eigenvalue weighted by molar-refractivity contribution is 6.00. The average Bonchev–Trinajstić information content (AvgIpc) is 3.25. The van der Waals surface area contributed by atoms with Crippen molar-refractivity contribution >= 4 is 5.91 Å². The number of methoxy groups -OCH3 is 1. The number of nitrogens with zero attached hydrogens (tertiary/aromatic N) is 3. The highest BCUT2D eigenvalue weighted by Gasteiger charge is 2.27. The number of carbonyl (C=O) groups excluding carboxylic acids is 1. The summed E-state index contributed by atoms with van der Waals surface area (Å²) in [6.45, 7) is 1.48. The molecule has 6 nitrogen and oxygen atoms in total. The zero-order chi connectivity index (χ0) is 20.2. The first-order valence-corrected chi connectivity index (χ1v) is 9.95. The van der Waals surface area contributed by atoms with Crippen LogP contribution in [0.3, 0.4) is 0 Å². The topological polar surface area (TPSA) is 59.4 Å². The number of amides is 1. The number of rotatable bonds is 5. The van der Waals surface area contributed by atoms with E-state index in [9.17, 15) is 4.79 Å². The van der Waals surface area contributed by atoms with Gasteiger partial charge in [0.15, 0.2) is 0 Å². The predicted octanol–water partition coefficient (Wildman–Crippen LogP) is 3.37. The molecule has 0 radical (unpaired) electrons. The normalized spacial score (nSPS) is 16.6. The summed E-state index contributed by atoms with van der Waals surface area (Å²) in [5.41, 5.74) is 3.06. The number of para-hydroxylation sites is 1. The smallest absolute Gasteiger partial charge is 0.257 e. The molecule has 0 aliphatic carbocycles. The van der Waals surface area contributed by atoms with Crippen LogP contribution in [-0.4, -0.2) is 53.9 Å². The van der Waals surface area contributed by atoms with Gasteiger partial charge in [0, 0.05) is 30.9 Å². The van der Waals surface area contributed by atoms with Crippen LogP contribution in [-0.2, 0) is 0 Å². The number of ether oxygens (including phenoxy) is 1. The molecule has 1 atom stereocenters. The van der Waals surface area contributed by atoms with E-state index in [1.54, 1.807) is 11.8 Å². The first-order valence-electron chi connectivity index (χ1n) is 9.95. The molecular weight excluding hydrogens is 364 g/mol. The van der Waals surface area contributed by atoms with Crippen molar-refractivity contribution in [3.8, 4) is 22.7 Å². The molecule has 6 heteroatoms. The predicted molar refractivity (Wildman–Crippen MR) is 114 cm³/mol. The van der Waals surface area contributed by atoms with Gasteiger partial charge in [-0.1, -0.05) is 30.3 Å². The Kier molecular flexibility index (Phi) is 5.62. The molecule has 1 aromatic heterocycles. The quantitative estimate of drug-likeness (QED) is 0.726. The maximum absolute atomic E-state index is 13.5. The van der Waals surface area contributed by atoms with Gasteiger partial charge in [0.1, 0.15) is 11.4 Å². The van der Waals surface area contributed by atoms with Crippen molar-refractivity contribution in [2.75, 3.05) is 27.2 Å². The second-order valence-electron chi connectivity index (χ2n) is 7.28. The molecule has 29 heavy (non-hydrogen) atoms. The molecule has 1 aliphatic heterocycles. The Balaban J connectivity index is 1.76. The van der Waals surface area contributed by atoms with Crippen molar-refractivity contribution in [1.82, 2.24) is 20.0 Å². The number of carbonyl (C=O) groups is 1. The molecular formula is C23H26N4O2. The highest BCUT2D eigenvalue weighted by atomic mass is 16.5. The fourth-order valence-corrected chi connectivity index (χ4v) is 3.79. The third kappa shape index (κ3) is 4.03. The summed E-state index contributed by atoms with van der Waals surface area (Å²) in [4.78, 5) is 15.4. The van der Waals surface area contributed by atoms with Crippen LogP contribution in [0.2, 0.25) is 0 Å². The molecule has 1 N–H and O–H groups in total. The summed E-state index contributed by atoms with van der Waals surface area (Å²) in [7, 11) is 3.59. The van der Waals surface area contributed by atoms with Gasteiger partial charge in [0.2, 0.25) is 0 Å². The van der Waals surface area contributed by atoms with Crippen LogP contribution < -0.4 is 10.1 Å². The van der Waals surface area contributed by atoms with Crippen molar-refractivity contribution in [2.24, 2.45) is 0 Å². The number of hydrogen-bond donors (Lipinski definition) is 1. The van der Waals surface area contributed by atoms with Gasteiger partial charge in [-0.15, -0.1) is 0 Å². The van der Waals surface area contributed by atoms with Crippen molar-refractivity contribution in [2.45, 2.75) is 18.9 Å². The molecule has 1 aliphatic rings. The van der Waals surface area contributed by atoms with E-state index < -0.39 is 0 Å². The largest absolute Gasteiger partial charge is 0.497 e. The second-order valence-corrected chi connectivity index (χ2v) is 7.28. The van der Waals surface area contributed by atoms with Gasteiger partial charge in [-0.2, -0.15) is 5.10 Å². The van der Waals surface area contributed by atoms with E-state index >= 15 is 0 Å². The second kappa shape index (κ2) is 8.49. The van der Waals surface area contributed by atoms with E-state index in [1.165, 1.54) is 0 Å². The molecule has 2 aromatic carbocycles. The fourth-order valence-electron chi connectivity index (χ4n) is 3.79. The minimum absolute atomic E-state index is 0.0185. The van der Waals surface area contributed by atoms with E-state index in [4.69, 9.17) is 9.84 Å². The Morgan fingerprint density at radius 3 is 2.76 bits per heavy atom. The molecule has 0 bridgehead atoms. The molecule has 0 spiro atoms. The molecule has 150 valence electrons. The summed E-state index contributed by atoms with van der Waals surface area (Å²) in [6, 6.07) is 17.9. The van der Waals surface area contributed by atoms with Gasteiger partial charge < -0.3 is 15.0 Å². The van der Waals surface area contributed by atoms with Crippen molar-refractivity contribution in [3.05, 3.63) is 66.4 Å². The van der Waals surface area contributed by atoms with Gasteiger partial charge >= 0.3 is 0 Å². The zero-order valence-electron chi connectivity index (χ0n) is 16.8. The lowest BCUT2D eigenvalue weighted by molar-refractivity contribution is 0.0699. The average molecular weight is 390 g/mol. The summed E-state index contributed by atoms with van der Waals surface area (Å²) in [6.07, 6.45) is 3.93. The molecule has 4 rings (SSSR count). The summed E-state index contributed by atoms with van der Waals surface area (Å²) < 4.78 is 7.15. The minimum atomic E-state index is 0.0185. The zero-order valence-corrected chi connectivity index (χ0v) is 16.8. The lowest BCUT2D eigenvalue weighted by Crippen LogP contribution is -2.47. The standard InChI is InChI=1S/C23H26N4O2/c1-24-18-9-7-13-26(15-18)23(28)21-16-27(19-10-4-3-5-11-19)25-22(21)17-8-6-12-20(14-17)29-2/h3-6,8,10-12,14,16,18,24H,7,9,13,15H2,1-2H3. The van der Waals surface area contributed by atoms with Gasteiger partial charge in [-0.25, -0.2) is 4.68 Å². The Bertz CT molecular complexity index is 984. The molecule has 3 aromatic rings. The van der Waals surface area contributed by atoms with Gasteiger partial charge in [0.05, 0.1) is 18.4 Å². The summed E-state index contributed by atoms with van der Waals surface area (Å²) in [5, 5.41) is 8.08. The number of likely N-dealkylation sites (N-methyl/N-ethyl adjacent to an activating group) is 1. The maximum atomic E-state index is 13.5. The Morgan fingerprint density at radius 1 is 1.17 bits per heavy atom. The first kappa shape index (κ1) is 19.2. The van der Waals surface area contributed by atoms with Gasteiger partial charge in [0.25, 0.3) is 5.91 Å². The van der Waals surface area contributed by atoms with Crippen LogP contribution >= 0.6 is 0 Å². The van der Waals surface area contributed by atoms with Crippen molar-refractivity contribution in [1.29, 1.82) is 0 Å². The van der Waals surface area contributed by atoms with E-state index in [0.717, 1.165) is 36.4 Å². The van der Waals surface area contributed by atoms with Crippen LogP contribution in [0, 0.1) is 0 Å². The van der Waals surface area contributed by atoms with Crippen LogP contribution in [0.1, 0.15) is 23.2 Å². The van der Waals surface area contributed by atoms with Crippen LogP contribution in [0.4, 0.5) is 0 Å². The van der Waals surface area contributed by atoms with Crippen LogP contribution in [0.15, 0.2) is 60.8 Å². The van der Waals surface area contributed by atoms with E-state index in [2.05, 4.69) is 5.32 Å². The number of likely N-dealkylation sites (tertiary alicyclic amines) is 1. The first-order chi connectivity index (χ1) is 14.2. The minimum Gasteiger partial charge on any atom is -0.497 e. The number of benzene rings is 2. The number of aromatic nitrogens is 2. The van der Waals surface area contributed by atoms with E-state index in [-0.39, 0.29) is 5.91 Å². The van der Waals surface area contributed by atoms with Crippen molar-refractivity contribution < 1.29 is 9.53 Å². The monoisotopic (exact) mass is 390 g/mol. The van der Waals surface area contributed by atoms with Gasteiger partial charge in [-0.05, 0) is 44.2 Å². The summed E-state index contributed by atoms with van der Waals surface area (Å²) in [5.74, 6) is 0.758. The third-order valence-electron chi connectivity index (χ3n) is 5.43. The fraction of sp³-hybridized carbons (Fsp3) is 0.304. The van der Waals surface area contributed by atoms with E-state index in [1.807, 2.05) is 72.7 Å². The highest BCUT2D eigenvalue weighted by Crippen LogP contribution is 2.28. The lowest BCUT2D eigenvalue weighted by Gasteiger charge is -2.32. The molecule has 2 heterocycles. The van der Waals surface area contributed by atoms with Crippen molar-refractivity contribution in [3.63, 3.8) is 0 Å². The number of hydrogen-bond acceptors (Lipinski definition) is 4. The number of nitrogens with one attached hydrogen (secondary N) is 1. The van der Waals surface area contributed by atoms with Gasteiger partial charge in [-0.3, -0.25) is 4.79 Å². The molecule has 0 saturated carbocycles. The SMILES string of the molecule is CNC1CCCN(C(=O)c2cn(-c3ccccc3)nc2-c2cccc(OC)c2)C1.